The number of guanidine groups is 1. The SMILES string of the molecule is CN=C(NCCc1ccc(OC)cc1Cl)NCC1(CCOC)CCC1.I. The van der Waals surface area contributed by atoms with Gasteiger partial charge in [0.05, 0.1) is 7.11 Å². The Morgan fingerprint density at radius 2 is 2.04 bits per heavy atom. The van der Waals surface area contributed by atoms with Gasteiger partial charge in [0, 0.05) is 38.9 Å². The molecule has 2 rings (SSSR count). The van der Waals surface area contributed by atoms with Gasteiger partial charge in [0.2, 0.25) is 0 Å². The lowest BCUT2D eigenvalue weighted by molar-refractivity contribution is 0.0732. The minimum atomic E-state index is 0. The highest BCUT2D eigenvalue weighted by molar-refractivity contribution is 14.0. The summed E-state index contributed by atoms with van der Waals surface area (Å²) in [7, 11) is 5.22. The van der Waals surface area contributed by atoms with Crippen LogP contribution in [0, 0.1) is 5.41 Å². The van der Waals surface area contributed by atoms with E-state index in [1.807, 2.05) is 18.2 Å². The number of halogens is 2. The van der Waals surface area contributed by atoms with Crippen molar-refractivity contribution in [3.8, 4) is 5.75 Å². The van der Waals surface area contributed by atoms with Crippen LogP contribution in [0.3, 0.4) is 0 Å². The normalized spacial score (nSPS) is 15.6. The second-order valence-electron chi connectivity index (χ2n) is 6.66. The maximum absolute atomic E-state index is 6.29. The maximum Gasteiger partial charge on any atom is 0.191 e. The number of hydrogen-bond donors (Lipinski definition) is 2. The lowest BCUT2D eigenvalue weighted by atomic mass is 9.67. The van der Waals surface area contributed by atoms with Gasteiger partial charge in [0.15, 0.2) is 5.96 Å². The van der Waals surface area contributed by atoms with Gasteiger partial charge in [0.1, 0.15) is 5.75 Å². The van der Waals surface area contributed by atoms with E-state index in [4.69, 9.17) is 21.1 Å². The number of methoxy groups -OCH3 is 2. The number of hydrogen-bond acceptors (Lipinski definition) is 3. The quantitative estimate of drug-likeness (QED) is 0.310. The van der Waals surface area contributed by atoms with Crippen molar-refractivity contribution in [3.63, 3.8) is 0 Å². The predicted octanol–water partition coefficient (Wildman–Crippen LogP) is 3.88. The monoisotopic (exact) mass is 495 g/mol. The van der Waals surface area contributed by atoms with E-state index in [0.717, 1.165) is 54.8 Å². The Balaban J connectivity index is 0.00000338. The van der Waals surface area contributed by atoms with Crippen molar-refractivity contribution in [1.29, 1.82) is 0 Å². The molecule has 0 spiro atoms. The Morgan fingerprint density at radius 1 is 1.27 bits per heavy atom. The van der Waals surface area contributed by atoms with Crippen LogP contribution in [0.1, 0.15) is 31.2 Å². The zero-order chi connectivity index (χ0) is 18.1. The van der Waals surface area contributed by atoms with Crippen molar-refractivity contribution in [2.75, 3.05) is 41.0 Å². The third-order valence-corrected chi connectivity index (χ3v) is 5.40. The van der Waals surface area contributed by atoms with E-state index in [-0.39, 0.29) is 24.0 Å². The molecule has 1 aromatic rings. The van der Waals surface area contributed by atoms with Crippen LogP contribution in [0.4, 0.5) is 0 Å². The Morgan fingerprint density at radius 3 is 2.58 bits per heavy atom. The Kier molecular flexibility index (Phi) is 10.6. The van der Waals surface area contributed by atoms with Gasteiger partial charge in [-0.15, -0.1) is 24.0 Å². The second-order valence-corrected chi connectivity index (χ2v) is 7.06. The summed E-state index contributed by atoms with van der Waals surface area (Å²) < 4.78 is 10.4. The average molecular weight is 496 g/mol. The molecule has 1 saturated carbocycles. The third kappa shape index (κ3) is 6.78. The standard InChI is InChI=1S/C19H30ClN3O2.HI/c1-21-18(23-14-19(8-4-9-19)10-12-24-2)22-11-7-15-5-6-16(25-3)13-17(15)20;/h5-6,13H,4,7-12,14H2,1-3H3,(H2,21,22,23);1H. The summed E-state index contributed by atoms with van der Waals surface area (Å²) in [5.74, 6) is 1.62. The molecule has 0 heterocycles. The fourth-order valence-corrected chi connectivity index (χ4v) is 3.44. The van der Waals surface area contributed by atoms with Gasteiger partial charge >= 0.3 is 0 Å². The van der Waals surface area contributed by atoms with Gasteiger partial charge in [-0.2, -0.15) is 0 Å². The van der Waals surface area contributed by atoms with Gasteiger partial charge in [-0.3, -0.25) is 4.99 Å². The molecule has 0 bridgehead atoms. The summed E-state index contributed by atoms with van der Waals surface area (Å²) in [6.07, 6.45) is 5.78. The molecule has 1 aromatic carbocycles. The Bertz CT molecular complexity index is 580. The van der Waals surface area contributed by atoms with Gasteiger partial charge < -0.3 is 20.1 Å². The van der Waals surface area contributed by atoms with Gasteiger partial charge in [0.25, 0.3) is 0 Å². The Hall–Kier alpha value is -0.730. The summed E-state index contributed by atoms with van der Waals surface area (Å²) in [6, 6.07) is 5.79. The van der Waals surface area contributed by atoms with Crippen LogP contribution < -0.4 is 15.4 Å². The van der Waals surface area contributed by atoms with Crippen molar-refractivity contribution in [2.45, 2.75) is 32.1 Å². The van der Waals surface area contributed by atoms with E-state index in [0.29, 0.717) is 5.41 Å². The topological polar surface area (TPSA) is 54.9 Å². The molecule has 2 N–H and O–H groups in total. The molecule has 148 valence electrons. The van der Waals surface area contributed by atoms with Gasteiger partial charge in [-0.05, 0) is 48.8 Å². The molecule has 1 fully saturated rings. The maximum atomic E-state index is 6.29. The van der Waals surface area contributed by atoms with Crippen LogP contribution in [0.5, 0.6) is 5.75 Å². The molecule has 0 radical (unpaired) electrons. The van der Waals surface area contributed by atoms with E-state index in [1.165, 1.54) is 19.3 Å². The summed E-state index contributed by atoms with van der Waals surface area (Å²) in [6.45, 7) is 2.54. The summed E-state index contributed by atoms with van der Waals surface area (Å²) >= 11 is 6.29. The first kappa shape index (κ1) is 23.3. The van der Waals surface area contributed by atoms with Crippen LogP contribution in [0.25, 0.3) is 0 Å². The smallest absolute Gasteiger partial charge is 0.191 e. The van der Waals surface area contributed by atoms with Gasteiger partial charge in [-0.1, -0.05) is 24.1 Å². The molecule has 7 heteroatoms. The fraction of sp³-hybridized carbons (Fsp3) is 0.632. The molecule has 5 nitrogen and oxygen atoms in total. The van der Waals surface area contributed by atoms with Crippen LogP contribution in [0.15, 0.2) is 23.2 Å². The van der Waals surface area contributed by atoms with E-state index in [1.54, 1.807) is 21.3 Å². The molecule has 0 unspecified atom stereocenters. The molecule has 0 amide bonds. The summed E-state index contributed by atoms with van der Waals surface area (Å²) in [5, 5.41) is 7.57. The van der Waals surface area contributed by atoms with Crippen LogP contribution >= 0.6 is 35.6 Å². The van der Waals surface area contributed by atoms with Crippen molar-refractivity contribution in [2.24, 2.45) is 10.4 Å². The number of rotatable bonds is 9. The zero-order valence-electron chi connectivity index (χ0n) is 15.9. The molecule has 0 atom stereocenters. The predicted molar refractivity (Wildman–Crippen MR) is 119 cm³/mol. The first-order valence-electron chi connectivity index (χ1n) is 8.88. The Labute approximate surface area is 179 Å². The number of benzene rings is 1. The molecular weight excluding hydrogens is 465 g/mol. The molecule has 1 aliphatic carbocycles. The molecule has 26 heavy (non-hydrogen) atoms. The lowest BCUT2D eigenvalue weighted by Crippen LogP contribution is -2.47. The minimum absolute atomic E-state index is 0. The molecular formula is C19H31ClIN3O2. The zero-order valence-corrected chi connectivity index (χ0v) is 19.0. The molecule has 0 aliphatic heterocycles. The third-order valence-electron chi connectivity index (χ3n) is 5.05. The van der Waals surface area contributed by atoms with E-state index < -0.39 is 0 Å². The summed E-state index contributed by atoms with van der Waals surface area (Å²) in [4.78, 5) is 4.32. The number of nitrogens with zero attached hydrogens (tertiary/aromatic N) is 1. The minimum Gasteiger partial charge on any atom is -0.497 e. The highest BCUT2D eigenvalue weighted by Gasteiger charge is 2.36. The van der Waals surface area contributed by atoms with Crippen molar-refractivity contribution in [3.05, 3.63) is 28.8 Å². The largest absolute Gasteiger partial charge is 0.497 e. The van der Waals surface area contributed by atoms with Crippen LogP contribution in [-0.2, 0) is 11.2 Å². The fourth-order valence-electron chi connectivity index (χ4n) is 3.18. The average Bonchev–Trinajstić information content (AvgIpc) is 2.59. The number of nitrogens with one attached hydrogen (secondary N) is 2. The summed E-state index contributed by atoms with van der Waals surface area (Å²) in [5.41, 5.74) is 1.47. The lowest BCUT2D eigenvalue weighted by Gasteiger charge is -2.42. The van der Waals surface area contributed by atoms with Crippen molar-refractivity contribution < 1.29 is 9.47 Å². The highest BCUT2D eigenvalue weighted by Crippen LogP contribution is 2.43. The number of ether oxygens (including phenoxy) is 2. The first-order chi connectivity index (χ1) is 12.1. The van der Waals surface area contributed by atoms with E-state index in [9.17, 15) is 0 Å². The van der Waals surface area contributed by atoms with Crippen molar-refractivity contribution in [1.82, 2.24) is 10.6 Å². The second kappa shape index (κ2) is 11.9. The number of aliphatic imine (C=N–C) groups is 1. The molecule has 1 aliphatic rings. The van der Waals surface area contributed by atoms with Crippen LogP contribution in [-0.4, -0.2) is 46.9 Å². The van der Waals surface area contributed by atoms with Crippen LogP contribution in [0.2, 0.25) is 5.02 Å². The molecule has 0 saturated heterocycles. The highest BCUT2D eigenvalue weighted by atomic mass is 127. The van der Waals surface area contributed by atoms with Gasteiger partial charge in [-0.25, -0.2) is 0 Å². The van der Waals surface area contributed by atoms with Crippen molar-refractivity contribution >= 4 is 41.5 Å². The van der Waals surface area contributed by atoms with E-state index >= 15 is 0 Å². The molecule has 0 aromatic heterocycles. The van der Waals surface area contributed by atoms with E-state index in [2.05, 4.69) is 15.6 Å². The first-order valence-corrected chi connectivity index (χ1v) is 9.26.